The van der Waals surface area contributed by atoms with Crippen LogP contribution in [0.5, 0.6) is 0 Å². The van der Waals surface area contributed by atoms with Gasteiger partial charge in [0.25, 0.3) is 0 Å². The molecule has 25 heavy (non-hydrogen) atoms. The summed E-state index contributed by atoms with van der Waals surface area (Å²) in [5.74, 6) is 0.381. The molecule has 8 heteroatoms. The number of hydrogen-bond donors (Lipinski definition) is 2. The van der Waals surface area contributed by atoms with E-state index in [-0.39, 0.29) is 12.1 Å². The summed E-state index contributed by atoms with van der Waals surface area (Å²) in [6.07, 6.45) is 6.39. The van der Waals surface area contributed by atoms with E-state index in [1.165, 1.54) is 4.57 Å². The Balaban J connectivity index is 1.57. The van der Waals surface area contributed by atoms with E-state index in [0.717, 1.165) is 25.1 Å². The van der Waals surface area contributed by atoms with Crippen LogP contribution in [0.3, 0.4) is 0 Å². The lowest BCUT2D eigenvalue weighted by Gasteiger charge is -2.34. The molecule has 0 radical (unpaired) electrons. The number of anilines is 1. The van der Waals surface area contributed by atoms with Crippen LogP contribution in [0.25, 0.3) is 11.1 Å². The molecule has 1 aliphatic heterocycles. The number of oxazole rings is 1. The molecule has 0 bridgehead atoms. The van der Waals surface area contributed by atoms with Crippen LogP contribution in [0.2, 0.25) is 0 Å². The van der Waals surface area contributed by atoms with Crippen molar-refractivity contribution in [3.05, 3.63) is 47.0 Å². The SMILES string of the molecule is Cn1c(=O)oc2cc(NC(=O)N3CCCC[C@H]3c3ncc[nH]3)ccc21. The molecule has 1 fully saturated rings. The molecule has 0 saturated carbocycles. The second-order valence-corrected chi connectivity index (χ2v) is 6.22. The van der Waals surface area contributed by atoms with Gasteiger partial charge in [-0.1, -0.05) is 0 Å². The van der Waals surface area contributed by atoms with Crippen molar-refractivity contribution >= 4 is 22.8 Å². The van der Waals surface area contributed by atoms with Crippen molar-refractivity contribution in [2.75, 3.05) is 11.9 Å². The van der Waals surface area contributed by atoms with E-state index in [9.17, 15) is 9.59 Å². The number of amides is 2. The number of carbonyl (C=O) groups excluding carboxylic acids is 1. The maximum Gasteiger partial charge on any atom is 0.419 e. The van der Waals surface area contributed by atoms with Crippen molar-refractivity contribution in [1.29, 1.82) is 0 Å². The predicted octanol–water partition coefficient (Wildman–Crippen LogP) is 2.61. The summed E-state index contributed by atoms with van der Waals surface area (Å²) in [4.78, 5) is 33.5. The minimum Gasteiger partial charge on any atom is -0.408 e. The monoisotopic (exact) mass is 341 g/mol. The lowest BCUT2D eigenvalue weighted by Crippen LogP contribution is -2.41. The van der Waals surface area contributed by atoms with E-state index in [1.54, 1.807) is 42.5 Å². The average molecular weight is 341 g/mol. The molecule has 2 amide bonds. The summed E-state index contributed by atoms with van der Waals surface area (Å²) in [6.45, 7) is 0.680. The molecule has 1 saturated heterocycles. The molecule has 130 valence electrons. The van der Waals surface area contributed by atoms with Gasteiger partial charge in [0.05, 0.1) is 11.6 Å². The highest BCUT2D eigenvalue weighted by atomic mass is 16.4. The fourth-order valence-corrected chi connectivity index (χ4v) is 3.33. The van der Waals surface area contributed by atoms with Crippen LogP contribution in [-0.4, -0.2) is 32.0 Å². The lowest BCUT2D eigenvalue weighted by atomic mass is 10.0. The van der Waals surface area contributed by atoms with E-state index >= 15 is 0 Å². The number of benzene rings is 1. The first-order valence-electron chi connectivity index (χ1n) is 8.30. The highest BCUT2D eigenvalue weighted by Crippen LogP contribution is 2.29. The van der Waals surface area contributed by atoms with E-state index in [2.05, 4.69) is 15.3 Å². The molecule has 3 heterocycles. The Morgan fingerprint density at radius 3 is 3.08 bits per heavy atom. The zero-order valence-corrected chi connectivity index (χ0v) is 13.9. The molecule has 0 spiro atoms. The molecule has 8 nitrogen and oxygen atoms in total. The third kappa shape index (κ3) is 2.79. The van der Waals surface area contributed by atoms with Gasteiger partial charge in [-0.25, -0.2) is 14.6 Å². The minimum absolute atomic E-state index is 0.0536. The smallest absolute Gasteiger partial charge is 0.408 e. The molecular formula is C17H19N5O3. The lowest BCUT2D eigenvalue weighted by molar-refractivity contribution is 0.160. The molecule has 1 aliphatic rings. The normalized spacial score (nSPS) is 17.8. The van der Waals surface area contributed by atoms with E-state index in [4.69, 9.17) is 4.42 Å². The van der Waals surface area contributed by atoms with Crippen LogP contribution in [0, 0.1) is 0 Å². The van der Waals surface area contributed by atoms with Gasteiger partial charge in [-0.15, -0.1) is 0 Å². The van der Waals surface area contributed by atoms with Gasteiger partial charge in [-0.3, -0.25) is 4.57 Å². The average Bonchev–Trinajstić information content (AvgIpc) is 3.24. The highest BCUT2D eigenvalue weighted by Gasteiger charge is 2.29. The second-order valence-electron chi connectivity index (χ2n) is 6.22. The predicted molar refractivity (Wildman–Crippen MR) is 92.4 cm³/mol. The van der Waals surface area contributed by atoms with Crippen molar-refractivity contribution in [2.24, 2.45) is 7.05 Å². The molecule has 0 unspecified atom stereocenters. The first-order chi connectivity index (χ1) is 12.1. The minimum atomic E-state index is -0.424. The van der Waals surface area contributed by atoms with E-state index < -0.39 is 5.76 Å². The van der Waals surface area contributed by atoms with Gasteiger partial charge in [-0.05, 0) is 31.4 Å². The van der Waals surface area contributed by atoms with Gasteiger partial charge in [0.15, 0.2) is 5.58 Å². The first kappa shape index (κ1) is 15.5. The maximum absolute atomic E-state index is 12.8. The molecule has 1 aromatic carbocycles. The summed E-state index contributed by atoms with van der Waals surface area (Å²) < 4.78 is 6.60. The van der Waals surface area contributed by atoms with Crippen molar-refractivity contribution < 1.29 is 9.21 Å². The third-order valence-electron chi connectivity index (χ3n) is 4.64. The number of aromatic nitrogens is 3. The second kappa shape index (κ2) is 6.12. The zero-order chi connectivity index (χ0) is 17.4. The molecule has 2 N–H and O–H groups in total. The van der Waals surface area contributed by atoms with E-state index in [1.807, 2.05) is 0 Å². The number of aryl methyl sites for hydroxylation is 1. The zero-order valence-electron chi connectivity index (χ0n) is 13.9. The molecule has 0 aliphatic carbocycles. The largest absolute Gasteiger partial charge is 0.419 e. The van der Waals surface area contributed by atoms with Gasteiger partial charge in [-0.2, -0.15) is 0 Å². The molecule has 1 atom stereocenters. The maximum atomic E-state index is 12.8. The topological polar surface area (TPSA) is 96.2 Å². The highest BCUT2D eigenvalue weighted by molar-refractivity contribution is 5.91. The number of nitrogens with zero attached hydrogens (tertiary/aromatic N) is 3. The van der Waals surface area contributed by atoms with Gasteiger partial charge >= 0.3 is 11.8 Å². The Hall–Kier alpha value is -3.03. The Morgan fingerprint density at radius 1 is 1.40 bits per heavy atom. The fraction of sp³-hybridized carbons (Fsp3) is 0.353. The Bertz CT molecular complexity index is 956. The van der Waals surface area contributed by atoms with Crippen molar-refractivity contribution in [2.45, 2.75) is 25.3 Å². The number of nitrogens with one attached hydrogen (secondary N) is 2. The van der Waals surface area contributed by atoms with Crippen LogP contribution in [-0.2, 0) is 7.05 Å². The van der Waals surface area contributed by atoms with Gasteiger partial charge < -0.3 is 19.6 Å². The summed E-state index contributed by atoms with van der Waals surface area (Å²) in [5, 5.41) is 2.90. The van der Waals surface area contributed by atoms with Crippen molar-refractivity contribution in [3.63, 3.8) is 0 Å². The number of carbonyl (C=O) groups is 1. The molecule has 3 aromatic rings. The Morgan fingerprint density at radius 2 is 2.28 bits per heavy atom. The van der Waals surface area contributed by atoms with Gasteiger partial charge in [0.1, 0.15) is 5.82 Å². The van der Waals surface area contributed by atoms with Gasteiger partial charge in [0, 0.05) is 37.7 Å². The quantitative estimate of drug-likeness (QED) is 0.749. The number of piperidine rings is 1. The number of hydrogen-bond acceptors (Lipinski definition) is 4. The number of aromatic amines is 1. The standard InChI is InChI=1S/C17H19N5O3/c1-21-12-6-5-11(10-14(12)25-17(21)24)20-16(23)22-9-3-2-4-13(22)15-18-7-8-19-15/h5-8,10,13H,2-4,9H2,1H3,(H,18,19)(H,20,23)/t13-/m0/s1. The number of likely N-dealkylation sites (tertiary alicyclic amines) is 1. The molecule has 2 aromatic heterocycles. The fourth-order valence-electron chi connectivity index (χ4n) is 3.33. The first-order valence-corrected chi connectivity index (χ1v) is 8.30. The summed E-state index contributed by atoms with van der Waals surface area (Å²) in [6, 6.07) is 4.96. The van der Waals surface area contributed by atoms with Crippen LogP contribution >= 0.6 is 0 Å². The summed E-state index contributed by atoms with van der Waals surface area (Å²) >= 11 is 0. The molecule has 4 rings (SSSR count). The number of imidazole rings is 1. The van der Waals surface area contributed by atoms with E-state index in [0.29, 0.717) is 23.3 Å². The number of fused-ring (bicyclic) bond motifs is 1. The Labute approximate surface area is 143 Å². The Kier molecular flexibility index (Phi) is 3.79. The number of urea groups is 1. The van der Waals surface area contributed by atoms with Crippen molar-refractivity contribution in [3.8, 4) is 0 Å². The summed E-state index contributed by atoms with van der Waals surface area (Å²) in [5.41, 5.74) is 1.73. The number of H-pyrrole nitrogens is 1. The number of rotatable bonds is 2. The summed E-state index contributed by atoms with van der Waals surface area (Å²) in [7, 11) is 1.65. The van der Waals surface area contributed by atoms with Crippen LogP contribution < -0.4 is 11.1 Å². The van der Waals surface area contributed by atoms with Crippen LogP contribution in [0.15, 0.2) is 39.8 Å². The van der Waals surface area contributed by atoms with Crippen LogP contribution in [0.4, 0.5) is 10.5 Å². The van der Waals surface area contributed by atoms with Gasteiger partial charge in [0.2, 0.25) is 0 Å². The van der Waals surface area contributed by atoms with Crippen molar-refractivity contribution in [1.82, 2.24) is 19.4 Å². The van der Waals surface area contributed by atoms with Crippen LogP contribution in [0.1, 0.15) is 31.1 Å². The third-order valence-corrected chi connectivity index (χ3v) is 4.64. The molecular weight excluding hydrogens is 322 g/mol.